The highest BCUT2D eigenvalue weighted by Crippen LogP contribution is 2.12. The Morgan fingerprint density at radius 3 is 2.59 bits per heavy atom. The number of benzene rings is 1. The Morgan fingerprint density at radius 2 is 1.94 bits per heavy atom. The van der Waals surface area contributed by atoms with Gasteiger partial charge in [0.05, 0.1) is 0 Å². The molecule has 17 heavy (non-hydrogen) atoms. The molecule has 0 aliphatic carbocycles. The Bertz CT molecular complexity index is 679. The molecule has 0 saturated carbocycles. The van der Waals surface area contributed by atoms with Gasteiger partial charge in [-0.1, -0.05) is 18.2 Å². The van der Waals surface area contributed by atoms with E-state index in [1.165, 1.54) is 0 Å². The first-order chi connectivity index (χ1) is 8.20. The fourth-order valence-electron chi connectivity index (χ4n) is 1.36. The summed E-state index contributed by atoms with van der Waals surface area (Å²) in [7, 11) is 0. The zero-order chi connectivity index (χ0) is 12.3. The van der Waals surface area contributed by atoms with Gasteiger partial charge in [-0.3, -0.25) is 9.78 Å². The number of para-hydroxylation sites is 1. The molecule has 1 heterocycles. The summed E-state index contributed by atoms with van der Waals surface area (Å²) in [6.07, 6.45) is 1.68. The van der Waals surface area contributed by atoms with Crippen LogP contribution in [0.5, 0.6) is 0 Å². The number of nitrogens with zero attached hydrogens (tertiary/aromatic N) is 2. The Hall–Kier alpha value is -2.81. The van der Waals surface area contributed by atoms with Gasteiger partial charge in [-0.05, 0) is 12.1 Å². The third kappa shape index (κ3) is 2.23. The number of nitrogens with one attached hydrogen (secondary N) is 2. The van der Waals surface area contributed by atoms with Gasteiger partial charge in [0.1, 0.15) is 5.82 Å². The molecule has 0 spiro atoms. The lowest BCUT2D eigenvalue weighted by Crippen LogP contribution is -2.28. The second-order valence-electron chi connectivity index (χ2n) is 3.25. The van der Waals surface area contributed by atoms with Gasteiger partial charge < -0.3 is 5.32 Å². The van der Waals surface area contributed by atoms with Crippen LogP contribution in [0.25, 0.3) is 0 Å². The van der Waals surface area contributed by atoms with Crippen LogP contribution in [0, 0.1) is 11.5 Å². The summed E-state index contributed by atoms with van der Waals surface area (Å²) in [5.74, 6) is 0.132. The quantitative estimate of drug-likeness (QED) is 0.787. The van der Waals surface area contributed by atoms with Crippen molar-refractivity contribution in [3.63, 3.8) is 0 Å². The van der Waals surface area contributed by atoms with E-state index in [1.807, 2.05) is 11.1 Å². The van der Waals surface area contributed by atoms with E-state index >= 15 is 0 Å². The molecule has 0 aliphatic rings. The van der Waals surface area contributed by atoms with Crippen LogP contribution in [0.2, 0.25) is 0 Å². The van der Waals surface area contributed by atoms with E-state index in [2.05, 4.69) is 5.32 Å². The van der Waals surface area contributed by atoms with Crippen molar-refractivity contribution in [2.45, 2.75) is 0 Å². The Morgan fingerprint density at radius 1 is 1.24 bits per heavy atom. The lowest BCUT2D eigenvalue weighted by Gasteiger charge is -2.07. The first-order valence-electron chi connectivity index (χ1n) is 4.79. The van der Waals surface area contributed by atoms with E-state index < -0.39 is 11.2 Å². The van der Waals surface area contributed by atoms with E-state index in [0.29, 0.717) is 5.69 Å². The average molecular weight is 228 g/mol. The Balaban J connectivity index is 2.50. The maximum Gasteiger partial charge on any atom is 0.343 e. The number of anilines is 2. The van der Waals surface area contributed by atoms with Gasteiger partial charge in [0, 0.05) is 11.8 Å². The van der Waals surface area contributed by atoms with Crippen LogP contribution >= 0.6 is 0 Å². The third-order valence-corrected chi connectivity index (χ3v) is 2.09. The molecular formula is C11H8N4O2. The molecule has 0 saturated heterocycles. The van der Waals surface area contributed by atoms with Crippen LogP contribution in [0.1, 0.15) is 0 Å². The van der Waals surface area contributed by atoms with E-state index in [9.17, 15) is 9.59 Å². The monoisotopic (exact) mass is 228 g/mol. The SMILES string of the molecule is N#Cn1c(Nc2ccccc2)cc(=O)[nH]c1=O. The molecule has 0 bridgehead atoms. The minimum absolute atomic E-state index is 0.132. The standard InChI is InChI=1S/C11H8N4O2/c12-7-15-9(6-10(16)14-11(15)17)13-8-4-2-1-3-5-8/h1-6,13H,(H,14,16,17). The Kier molecular flexibility index (Phi) is 2.75. The van der Waals surface area contributed by atoms with Gasteiger partial charge in [-0.15, -0.1) is 0 Å². The second kappa shape index (κ2) is 4.37. The minimum Gasteiger partial charge on any atom is -0.340 e. The topological polar surface area (TPSA) is 90.7 Å². The molecule has 1 aromatic carbocycles. The summed E-state index contributed by atoms with van der Waals surface area (Å²) < 4.78 is 0.772. The lowest BCUT2D eigenvalue weighted by molar-refractivity contribution is 0.918. The molecule has 2 N–H and O–H groups in total. The summed E-state index contributed by atoms with van der Waals surface area (Å²) in [6, 6.07) is 10.1. The summed E-state index contributed by atoms with van der Waals surface area (Å²) in [5, 5.41) is 11.6. The van der Waals surface area contributed by atoms with Crippen LogP contribution in [0.15, 0.2) is 46.0 Å². The molecular weight excluding hydrogens is 220 g/mol. The molecule has 1 aromatic heterocycles. The molecule has 84 valence electrons. The van der Waals surface area contributed by atoms with E-state index in [-0.39, 0.29) is 5.82 Å². The smallest absolute Gasteiger partial charge is 0.340 e. The number of H-pyrrole nitrogens is 1. The number of hydrogen-bond donors (Lipinski definition) is 2. The normalized spacial score (nSPS) is 9.59. The highest BCUT2D eigenvalue weighted by atomic mass is 16.2. The first-order valence-corrected chi connectivity index (χ1v) is 4.79. The van der Waals surface area contributed by atoms with Crippen LogP contribution in [0.4, 0.5) is 11.5 Å². The number of hydrogen-bond acceptors (Lipinski definition) is 4. The van der Waals surface area contributed by atoms with Crippen molar-refractivity contribution < 1.29 is 0 Å². The summed E-state index contributed by atoms with van der Waals surface area (Å²) in [6.45, 7) is 0. The zero-order valence-electron chi connectivity index (χ0n) is 8.68. The van der Waals surface area contributed by atoms with Gasteiger partial charge >= 0.3 is 5.69 Å². The van der Waals surface area contributed by atoms with E-state index in [1.54, 1.807) is 30.5 Å². The molecule has 0 radical (unpaired) electrons. The van der Waals surface area contributed by atoms with Crippen molar-refractivity contribution in [2.75, 3.05) is 5.32 Å². The van der Waals surface area contributed by atoms with Crippen molar-refractivity contribution in [3.05, 3.63) is 57.2 Å². The van der Waals surface area contributed by atoms with E-state index in [4.69, 9.17) is 5.26 Å². The molecule has 6 heteroatoms. The number of nitriles is 1. The van der Waals surface area contributed by atoms with Gasteiger partial charge in [-0.2, -0.15) is 9.83 Å². The molecule has 6 nitrogen and oxygen atoms in total. The second-order valence-corrected chi connectivity index (χ2v) is 3.25. The number of aromatic nitrogens is 2. The van der Waals surface area contributed by atoms with Crippen molar-refractivity contribution in [2.24, 2.45) is 0 Å². The highest BCUT2D eigenvalue weighted by molar-refractivity contribution is 5.56. The van der Waals surface area contributed by atoms with Crippen molar-refractivity contribution in [3.8, 4) is 6.19 Å². The predicted octanol–water partition coefficient (Wildman–Crippen LogP) is 0.609. The number of aromatic amines is 1. The van der Waals surface area contributed by atoms with Gasteiger partial charge in [0.25, 0.3) is 5.56 Å². The molecule has 2 aromatic rings. The molecule has 2 rings (SSSR count). The summed E-state index contributed by atoms with van der Waals surface area (Å²) >= 11 is 0. The average Bonchev–Trinajstić information content (AvgIpc) is 2.30. The van der Waals surface area contributed by atoms with E-state index in [0.717, 1.165) is 10.6 Å². The summed E-state index contributed by atoms with van der Waals surface area (Å²) in [5.41, 5.74) is -0.639. The predicted molar refractivity (Wildman–Crippen MR) is 62.1 cm³/mol. The van der Waals surface area contributed by atoms with Crippen LogP contribution in [0.3, 0.4) is 0 Å². The van der Waals surface area contributed by atoms with Crippen LogP contribution < -0.4 is 16.6 Å². The lowest BCUT2D eigenvalue weighted by atomic mass is 10.3. The fraction of sp³-hybridized carbons (Fsp3) is 0. The minimum atomic E-state index is -0.765. The fourth-order valence-corrected chi connectivity index (χ4v) is 1.36. The van der Waals surface area contributed by atoms with Crippen molar-refractivity contribution >= 4 is 11.5 Å². The van der Waals surface area contributed by atoms with Gasteiger partial charge in [-0.25, -0.2) is 4.79 Å². The van der Waals surface area contributed by atoms with Gasteiger partial charge in [0.2, 0.25) is 0 Å². The molecule has 0 fully saturated rings. The van der Waals surface area contributed by atoms with Crippen molar-refractivity contribution in [1.29, 1.82) is 5.26 Å². The van der Waals surface area contributed by atoms with Crippen molar-refractivity contribution in [1.82, 2.24) is 9.55 Å². The third-order valence-electron chi connectivity index (χ3n) is 2.09. The highest BCUT2D eigenvalue weighted by Gasteiger charge is 2.05. The molecule has 0 aliphatic heterocycles. The molecule has 0 amide bonds. The van der Waals surface area contributed by atoms with Crippen LogP contribution in [-0.2, 0) is 0 Å². The molecule has 0 atom stereocenters. The summed E-state index contributed by atoms with van der Waals surface area (Å²) in [4.78, 5) is 24.5. The molecule has 0 unspecified atom stereocenters. The maximum atomic E-state index is 11.3. The largest absolute Gasteiger partial charge is 0.343 e. The number of rotatable bonds is 2. The maximum absolute atomic E-state index is 11.3. The van der Waals surface area contributed by atoms with Gasteiger partial charge in [0.15, 0.2) is 6.19 Å². The van der Waals surface area contributed by atoms with Crippen LogP contribution in [-0.4, -0.2) is 9.55 Å². The zero-order valence-corrected chi connectivity index (χ0v) is 8.68. The first kappa shape index (κ1) is 10.7. The Labute approximate surface area is 95.8 Å².